The predicted molar refractivity (Wildman–Crippen MR) is 70.7 cm³/mol. The lowest BCUT2D eigenvalue weighted by Crippen LogP contribution is -2.24. The van der Waals surface area contributed by atoms with Gasteiger partial charge in [-0.2, -0.15) is 5.26 Å². The maximum atomic E-state index is 9.27. The van der Waals surface area contributed by atoms with Crippen molar-refractivity contribution in [1.29, 1.82) is 5.26 Å². The highest BCUT2D eigenvalue weighted by atomic mass is 16.5. The van der Waals surface area contributed by atoms with E-state index in [0.29, 0.717) is 17.4 Å². The van der Waals surface area contributed by atoms with Crippen LogP contribution in [-0.4, -0.2) is 20.8 Å². The SMILES string of the molecule is COc1cccc(C(C#N)NCC(C)C)c1OC. The minimum absolute atomic E-state index is 0.391. The molecule has 1 aromatic rings. The van der Waals surface area contributed by atoms with E-state index in [-0.39, 0.29) is 0 Å². The normalized spacial score (nSPS) is 12.0. The summed E-state index contributed by atoms with van der Waals surface area (Å²) >= 11 is 0. The summed E-state index contributed by atoms with van der Waals surface area (Å²) < 4.78 is 10.6. The molecule has 0 fully saturated rings. The lowest BCUT2D eigenvalue weighted by atomic mass is 10.1. The predicted octanol–water partition coefficient (Wildman–Crippen LogP) is 2.51. The van der Waals surface area contributed by atoms with E-state index in [4.69, 9.17) is 9.47 Å². The number of rotatable bonds is 6. The molecule has 4 nitrogen and oxygen atoms in total. The molecule has 1 N–H and O–H groups in total. The van der Waals surface area contributed by atoms with Gasteiger partial charge in [0.05, 0.1) is 20.3 Å². The zero-order valence-electron chi connectivity index (χ0n) is 11.4. The Bertz CT molecular complexity index is 424. The minimum atomic E-state index is -0.391. The topological polar surface area (TPSA) is 54.3 Å². The monoisotopic (exact) mass is 248 g/mol. The molecule has 0 saturated carbocycles. The summed E-state index contributed by atoms with van der Waals surface area (Å²) in [7, 11) is 3.17. The van der Waals surface area contributed by atoms with Crippen molar-refractivity contribution in [2.75, 3.05) is 20.8 Å². The van der Waals surface area contributed by atoms with Gasteiger partial charge in [0.2, 0.25) is 0 Å². The number of nitriles is 1. The van der Waals surface area contributed by atoms with Gasteiger partial charge in [0, 0.05) is 5.56 Å². The van der Waals surface area contributed by atoms with Crippen molar-refractivity contribution < 1.29 is 9.47 Å². The first-order valence-corrected chi connectivity index (χ1v) is 5.97. The van der Waals surface area contributed by atoms with Gasteiger partial charge in [-0.25, -0.2) is 0 Å². The summed E-state index contributed by atoms with van der Waals surface area (Å²) in [5.41, 5.74) is 0.806. The third-order valence-electron chi connectivity index (χ3n) is 2.60. The first kappa shape index (κ1) is 14.3. The van der Waals surface area contributed by atoms with E-state index in [1.807, 2.05) is 18.2 Å². The van der Waals surface area contributed by atoms with E-state index in [1.165, 1.54) is 0 Å². The Morgan fingerprint density at radius 3 is 2.50 bits per heavy atom. The Morgan fingerprint density at radius 2 is 2.00 bits per heavy atom. The van der Waals surface area contributed by atoms with Gasteiger partial charge < -0.3 is 9.47 Å². The number of hydrogen-bond donors (Lipinski definition) is 1. The third-order valence-corrected chi connectivity index (χ3v) is 2.60. The first-order valence-electron chi connectivity index (χ1n) is 5.97. The van der Waals surface area contributed by atoms with Crippen molar-refractivity contribution in [2.45, 2.75) is 19.9 Å². The molecule has 0 amide bonds. The molecule has 0 heterocycles. The Kier molecular flexibility index (Phi) is 5.47. The third kappa shape index (κ3) is 3.38. The number of para-hydroxylation sites is 1. The minimum Gasteiger partial charge on any atom is -0.493 e. The molecule has 0 aliphatic carbocycles. The van der Waals surface area contributed by atoms with Crippen LogP contribution < -0.4 is 14.8 Å². The van der Waals surface area contributed by atoms with Crippen molar-refractivity contribution in [2.24, 2.45) is 5.92 Å². The van der Waals surface area contributed by atoms with Gasteiger partial charge in [-0.3, -0.25) is 5.32 Å². The molecule has 0 aromatic heterocycles. The Morgan fingerprint density at radius 1 is 1.28 bits per heavy atom. The van der Waals surface area contributed by atoms with Crippen LogP contribution in [0.3, 0.4) is 0 Å². The Labute approximate surface area is 109 Å². The van der Waals surface area contributed by atoms with E-state index in [1.54, 1.807) is 14.2 Å². The molecule has 1 atom stereocenters. The Balaban J connectivity index is 3.02. The first-order chi connectivity index (χ1) is 8.63. The van der Waals surface area contributed by atoms with Crippen LogP contribution in [0.25, 0.3) is 0 Å². The molecule has 1 rings (SSSR count). The molecular formula is C14H20N2O2. The zero-order valence-corrected chi connectivity index (χ0v) is 11.4. The second-order valence-electron chi connectivity index (χ2n) is 4.45. The van der Waals surface area contributed by atoms with Gasteiger partial charge in [0.25, 0.3) is 0 Å². The molecule has 1 aromatic carbocycles. The van der Waals surface area contributed by atoms with Gasteiger partial charge in [-0.1, -0.05) is 26.0 Å². The standard InChI is InChI=1S/C14H20N2O2/c1-10(2)9-16-12(8-15)11-6-5-7-13(17-3)14(11)18-4/h5-7,10,12,16H,9H2,1-4H3. The number of hydrogen-bond acceptors (Lipinski definition) is 4. The van der Waals surface area contributed by atoms with E-state index >= 15 is 0 Å². The van der Waals surface area contributed by atoms with E-state index in [0.717, 1.165) is 12.1 Å². The number of ether oxygens (including phenoxy) is 2. The number of benzene rings is 1. The molecule has 18 heavy (non-hydrogen) atoms. The average molecular weight is 248 g/mol. The lowest BCUT2D eigenvalue weighted by Gasteiger charge is -2.18. The summed E-state index contributed by atoms with van der Waals surface area (Å²) in [6, 6.07) is 7.42. The van der Waals surface area contributed by atoms with E-state index in [2.05, 4.69) is 25.2 Å². The molecular weight excluding hydrogens is 228 g/mol. The van der Waals surface area contributed by atoms with Crippen LogP contribution in [-0.2, 0) is 0 Å². The molecule has 4 heteroatoms. The van der Waals surface area contributed by atoms with Crippen LogP contribution in [0.5, 0.6) is 11.5 Å². The number of methoxy groups -OCH3 is 2. The van der Waals surface area contributed by atoms with Gasteiger partial charge in [0.1, 0.15) is 6.04 Å². The molecule has 0 spiro atoms. The second kappa shape index (κ2) is 6.87. The largest absolute Gasteiger partial charge is 0.493 e. The maximum Gasteiger partial charge on any atom is 0.166 e. The van der Waals surface area contributed by atoms with Gasteiger partial charge in [-0.15, -0.1) is 0 Å². The molecule has 98 valence electrons. The fraction of sp³-hybridized carbons (Fsp3) is 0.500. The van der Waals surface area contributed by atoms with Crippen LogP contribution in [0.1, 0.15) is 25.5 Å². The maximum absolute atomic E-state index is 9.27. The van der Waals surface area contributed by atoms with Crippen LogP contribution in [0, 0.1) is 17.2 Å². The molecule has 0 radical (unpaired) electrons. The van der Waals surface area contributed by atoms with Crippen molar-refractivity contribution in [3.63, 3.8) is 0 Å². The highest BCUT2D eigenvalue weighted by molar-refractivity contribution is 5.49. The summed E-state index contributed by atoms with van der Waals surface area (Å²) in [4.78, 5) is 0. The smallest absolute Gasteiger partial charge is 0.166 e. The van der Waals surface area contributed by atoms with Crippen molar-refractivity contribution >= 4 is 0 Å². The summed E-state index contributed by atoms with van der Waals surface area (Å²) in [5, 5.41) is 12.5. The van der Waals surface area contributed by atoms with Crippen molar-refractivity contribution in [3.8, 4) is 17.6 Å². The lowest BCUT2D eigenvalue weighted by molar-refractivity contribution is 0.348. The van der Waals surface area contributed by atoms with Crippen LogP contribution >= 0.6 is 0 Å². The van der Waals surface area contributed by atoms with Crippen molar-refractivity contribution in [3.05, 3.63) is 23.8 Å². The fourth-order valence-electron chi connectivity index (χ4n) is 1.72. The van der Waals surface area contributed by atoms with Gasteiger partial charge >= 0.3 is 0 Å². The van der Waals surface area contributed by atoms with Crippen LogP contribution in [0.2, 0.25) is 0 Å². The molecule has 0 aliphatic heterocycles. The molecule has 0 saturated heterocycles. The summed E-state index contributed by atoms with van der Waals surface area (Å²) in [6.07, 6.45) is 0. The zero-order chi connectivity index (χ0) is 13.5. The number of nitrogens with zero attached hydrogens (tertiary/aromatic N) is 1. The van der Waals surface area contributed by atoms with Gasteiger partial charge in [-0.05, 0) is 18.5 Å². The molecule has 1 unspecified atom stereocenters. The number of nitrogens with one attached hydrogen (secondary N) is 1. The van der Waals surface area contributed by atoms with E-state index < -0.39 is 6.04 Å². The summed E-state index contributed by atoms with van der Waals surface area (Å²) in [5.74, 6) is 1.74. The van der Waals surface area contributed by atoms with Gasteiger partial charge in [0.15, 0.2) is 11.5 Å². The van der Waals surface area contributed by atoms with Crippen molar-refractivity contribution in [1.82, 2.24) is 5.32 Å². The summed E-state index contributed by atoms with van der Waals surface area (Å²) in [6.45, 7) is 4.98. The second-order valence-corrected chi connectivity index (χ2v) is 4.45. The quantitative estimate of drug-likeness (QED) is 0.840. The fourth-order valence-corrected chi connectivity index (χ4v) is 1.72. The van der Waals surface area contributed by atoms with Crippen LogP contribution in [0.15, 0.2) is 18.2 Å². The average Bonchev–Trinajstić information content (AvgIpc) is 2.38. The molecule has 0 aliphatic rings. The highest BCUT2D eigenvalue weighted by Gasteiger charge is 2.18. The van der Waals surface area contributed by atoms with E-state index in [9.17, 15) is 5.26 Å². The molecule has 0 bridgehead atoms. The highest BCUT2D eigenvalue weighted by Crippen LogP contribution is 2.34. The Hall–Kier alpha value is -1.73. The van der Waals surface area contributed by atoms with Crippen LogP contribution in [0.4, 0.5) is 0 Å².